The molecule has 5 nitrogen and oxygen atoms in total. The molecule has 0 aromatic heterocycles. The zero-order valence-electron chi connectivity index (χ0n) is 15.8. The molecular weight excluding hydrogens is 418 g/mol. The molecule has 0 aliphatic carbocycles. The summed E-state index contributed by atoms with van der Waals surface area (Å²) >= 11 is 3.41. The third kappa shape index (κ3) is 4.28. The molecule has 0 radical (unpaired) electrons. The van der Waals surface area contributed by atoms with Gasteiger partial charge in [-0.25, -0.2) is 0 Å². The molecule has 2 saturated heterocycles. The van der Waals surface area contributed by atoms with Gasteiger partial charge in [0.05, 0.1) is 5.92 Å². The first-order valence-electron chi connectivity index (χ1n) is 9.71. The zero-order valence-corrected chi connectivity index (χ0v) is 17.3. The van der Waals surface area contributed by atoms with E-state index in [0.717, 1.165) is 42.9 Å². The summed E-state index contributed by atoms with van der Waals surface area (Å²) in [6.45, 7) is 4.60. The van der Waals surface area contributed by atoms with Crippen molar-refractivity contribution in [2.75, 3.05) is 37.6 Å². The fourth-order valence-electron chi connectivity index (χ4n) is 3.97. The topological polar surface area (TPSA) is 43.9 Å². The highest BCUT2D eigenvalue weighted by molar-refractivity contribution is 9.10. The number of anilines is 1. The van der Waals surface area contributed by atoms with Crippen molar-refractivity contribution in [1.29, 1.82) is 0 Å². The highest BCUT2D eigenvalue weighted by Crippen LogP contribution is 2.27. The Kier molecular flexibility index (Phi) is 5.78. The highest BCUT2D eigenvalue weighted by atomic mass is 79.9. The quantitative estimate of drug-likeness (QED) is 0.731. The molecule has 1 atom stereocenters. The molecule has 2 aliphatic rings. The Morgan fingerprint density at radius 2 is 1.64 bits per heavy atom. The minimum atomic E-state index is -0.239. The molecular formula is C22H24BrN3O2. The number of rotatable bonds is 4. The second-order valence-corrected chi connectivity index (χ2v) is 8.38. The van der Waals surface area contributed by atoms with Crippen LogP contribution < -0.4 is 4.90 Å². The van der Waals surface area contributed by atoms with Crippen LogP contribution in [0.4, 0.5) is 5.69 Å². The number of halogens is 1. The van der Waals surface area contributed by atoms with Gasteiger partial charge in [-0.3, -0.25) is 14.5 Å². The van der Waals surface area contributed by atoms with Crippen LogP contribution in [0.5, 0.6) is 0 Å². The van der Waals surface area contributed by atoms with Crippen LogP contribution in [0, 0.1) is 5.92 Å². The molecule has 2 fully saturated rings. The van der Waals surface area contributed by atoms with Crippen molar-refractivity contribution in [3.63, 3.8) is 0 Å². The molecule has 0 saturated carbocycles. The van der Waals surface area contributed by atoms with E-state index in [1.165, 1.54) is 5.56 Å². The molecule has 2 aromatic rings. The number of piperazine rings is 1. The summed E-state index contributed by atoms with van der Waals surface area (Å²) < 4.78 is 0.976. The molecule has 0 N–H and O–H groups in total. The molecule has 4 rings (SSSR count). The normalized spacial score (nSPS) is 20.6. The second-order valence-electron chi connectivity index (χ2n) is 7.47. The van der Waals surface area contributed by atoms with Crippen molar-refractivity contribution in [1.82, 2.24) is 9.80 Å². The predicted molar refractivity (Wildman–Crippen MR) is 113 cm³/mol. The number of hydrogen-bond acceptors (Lipinski definition) is 3. The van der Waals surface area contributed by atoms with Crippen molar-refractivity contribution in [3.8, 4) is 0 Å². The van der Waals surface area contributed by atoms with Crippen molar-refractivity contribution < 1.29 is 9.59 Å². The molecule has 0 unspecified atom stereocenters. The summed E-state index contributed by atoms with van der Waals surface area (Å²) in [5.41, 5.74) is 2.16. The summed E-state index contributed by atoms with van der Waals surface area (Å²) in [4.78, 5) is 31.5. The lowest BCUT2D eigenvalue weighted by Gasteiger charge is -2.36. The van der Waals surface area contributed by atoms with E-state index in [9.17, 15) is 9.59 Å². The van der Waals surface area contributed by atoms with E-state index < -0.39 is 0 Å². The average molecular weight is 442 g/mol. The van der Waals surface area contributed by atoms with Crippen molar-refractivity contribution in [3.05, 3.63) is 64.6 Å². The molecule has 146 valence electrons. The van der Waals surface area contributed by atoms with Gasteiger partial charge in [-0.1, -0.05) is 46.3 Å². The molecule has 28 heavy (non-hydrogen) atoms. The molecule has 2 heterocycles. The van der Waals surface area contributed by atoms with Gasteiger partial charge < -0.3 is 9.80 Å². The molecule has 6 heteroatoms. The second kappa shape index (κ2) is 8.45. The maximum atomic E-state index is 13.0. The number of amides is 2. The Hall–Kier alpha value is -2.18. The van der Waals surface area contributed by atoms with Gasteiger partial charge in [0.2, 0.25) is 11.8 Å². The Labute approximate surface area is 174 Å². The SMILES string of the molecule is O=C([C@@H]1CC(=O)N(c2ccc(Br)cc2)C1)N1CCN(Cc2ccccc2)CC1. The minimum absolute atomic E-state index is 0.0309. The first kappa shape index (κ1) is 19.2. The summed E-state index contributed by atoms with van der Waals surface area (Å²) in [7, 11) is 0. The number of hydrogen-bond donors (Lipinski definition) is 0. The third-order valence-electron chi connectivity index (χ3n) is 5.55. The zero-order chi connectivity index (χ0) is 19.5. The van der Waals surface area contributed by atoms with Crippen LogP contribution in [0.15, 0.2) is 59.1 Å². The summed E-state index contributed by atoms with van der Waals surface area (Å²) in [6, 6.07) is 18.1. The van der Waals surface area contributed by atoms with E-state index in [-0.39, 0.29) is 17.7 Å². The Bertz CT molecular complexity index is 833. The van der Waals surface area contributed by atoms with Gasteiger partial charge in [-0.05, 0) is 29.8 Å². The lowest BCUT2D eigenvalue weighted by molar-refractivity contribution is -0.137. The first-order chi connectivity index (χ1) is 13.6. The molecule has 0 spiro atoms. The van der Waals surface area contributed by atoms with E-state index in [2.05, 4.69) is 45.1 Å². The van der Waals surface area contributed by atoms with Crippen LogP contribution in [0.2, 0.25) is 0 Å². The standard InChI is InChI=1S/C22H24BrN3O2/c23-19-6-8-20(9-7-19)26-16-18(14-21(26)27)22(28)25-12-10-24(11-13-25)15-17-4-2-1-3-5-17/h1-9,18H,10-16H2/t18-/m1/s1. The van der Waals surface area contributed by atoms with Crippen molar-refractivity contribution in [2.24, 2.45) is 5.92 Å². The Balaban J connectivity index is 1.32. The molecule has 2 aromatic carbocycles. The van der Waals surface area contributed by atoms with Crippen LogP contribution in [-0.2, 0) is 16.1 Å². The van der Waals surface area contributed by atoms with Gasteiger partial charge in [0.15, 0.2) is 0 Å². The third-order valence-corrected chi connectivity index (χ3v) is 6.07. The van der Waals surface area contributed by atoms with Gasteiger partial charge in [-0.2, -0.15) is 0 Å². The largest absolute Gasteiger partial charge is 0.340 e. The predicted octanol–water partition coefficient (Wildman–Crippen LogP) is 3.15. The van der Waals surface area contributed by atoms with Gasteiger partial charge in [0.25, 0.3) is 0 Å². The number of carbonyl (C=O) groups is 2. The van der Waals surface area contributed by atoms with Crippen LogP contribution >= 0.6 is 15.9 Å². The lowest BCUT2D eigenvalue weighted by Crippen LogP contribution is -2.50. The number of carbonyl (C=O) groups excluding carboxylic acids is 2. The van der Waals surface area contributed by atoms with Gasteiger partial charge in [0.1, 0.15) is 0 Å². The molecule has 2 amide bonds. The van der Waals surface area contributed by atoms with Crippen molar-refractivity contribution >= 4 is 33.4 Å². The summed E-state index contributed by atoms with van der Waals surface area (Å²) in [5.74, 6) is -0.0903. The summed E-state index contributed by atoms with van der Waals surface area (Å²) in [5, 5.41) is 0. The van der Waals surface area contributed by atoms with Gasteiger partial charge in [0, 0.05) is 55.8 Å². The molecule has 2 aliphatic heterocycles. The smallest absolute Gasteiger partial charge is 0.228 e. The maximum Gasteiger partial charge on any atom is 0.228 e. The van der Waals surface area contributed by atoms with E-state index in [4.69, 9.17) is 0 Å². The van der Waals surface area contributed by atoms with E-state index in [1.807, 2.05) is 35.2 Å². The summed E-state index contributed by atoms with van der Waals surface area (Å²) in [6.07, 6.45) is 0.305. The lowest BCUT2D eigenvalue weighted by atomic mass is 10.1. The van der Waals surface area contributed by atoms with Crippen LogP contribution in [0.3, 0.4) is 0 Å². The van der Waals surface area contributed by atoms with Crippen LogP contribution in [-0.4, -0.2) is 54.3 Å². The van der Waals surface area contributed by atoms with Crippen LogP contribution in [0.1, 0.15) is 12.0 Å². The monoisotopic (exact) mass is 441 g/mol. The van der Waals surface area contributed by atoms with E-state index in [0.29, 0.717) is 13.0 Å². The first-order valence-corrected chi connectivity index (χ1v) is 10.5. The number of benzene rings is 2. The van der Waals surface area contributed by atoms with Gasteiger partial charge >= 0.3 is 0 Å². The van der Waals surface area contributed by atoms with Gasteiger partial charge in [-0.15, -0.1) is 0 Å². The minimum Gasteiger partial charge on any atom is -0.340 e. The number of nitrogens with zero attached hydrogens (tertiary/aromatic N) is 3. The fraction of sp³-hybridized carbons (Fsp3) is 0.364. The maximum absolute atomic E-state index is 13.0. The highest BCUT2D eigenvalue weighted by Gasteiger charge is 2.37. The van der Waals surface area contributed by atoms with Crippen LogP contribution in [0.25, 0.3) is 0 Å². The van der Waals surface area contributed by atoms with E-state index >= 15 is 0 Å². The van der Waals surface area contributed by atoms with E-state index in [1.54, 1.807) is 4.90 Å². The van der Waals surface area contributed by atoms with Crippen molar-refractivity contribution in [2.45, 2.75) is 13.0 Å². The fourth-order valence-corrected chi connectivity index (χ4v) is 4.23. The average Bonchev–Trinajstić information content (AvgIpc) is 3.11. The Morgan fingerprint density at radius 3 is 2.32 bits per heavy atom. The molecule has 0 bridgehead atoms. The Morgan fingerprint density at radius 1 is 0.964 bits per heavy atom.